The average Bonchev–Trinajstić information content (AvgIpc) is 3.45. The van der Waals surface area contributed by atoms with E-state index in [0.717, 1.165) is 12.3 Å². The van der Waals surface area contributed by atoms with Gasteiger partial charge in [-0.25, -0.2) is 12.8 Å². The zero-order valence-corrected chi connectivity index (χ0v) is 21.6. The highest BCUT2D eigenvalue weighted by Crippen LogP contribution is 2.48. The van der Waals surface area contributed by atoms with Crippen molar-refractivity contribution in [2.75, 3.05) is 16.3 Å². The molecule has 2 aromatic rings. The second kappa shape index (κ2) is 8.51. The molecule has 0 spiro atoms. The van der Waals surface area contributed by atoms with Gasteiger partial charge in [0.25, 0.3) is 15.9 Å². The van der Waals surface area contributed by atoms with Gasteiger partial charge in [0.05, 0.1) is 36.1 Å². The van der Waals surface area contributed by atoms with Crippen molar-refractivity contribution in [3.05, 3.63) is 65.2 Å². The molecule has 2 aromatic carbocycles. The number of aliphatic hydroxyl groups is 1. The number of amidine groups is 1. The normalized spacial score (nSPS) is 27.5. The standard InChI is InChI=1S/C24H23FN4O7S2/c1-37(32,33)27-14-6-7-15-18(10-14)38(34,35)28-23(26-15)20-22(30)19-16-8-9-17(36-16)21(19)29(24(20)31)11-12-2-4-13(25)5-3-12/h2-7,10,16-17,19,21,27,30H,8-9,11H2,1H3,(H,26,28)/t16-,17+,19?,21?/m0/s1. The zero-order chi connectivity index (χ0) is 27.0. The first-order valence-corrected chi connectivity index (χ1v) is 15.1. The summed E-state index contributed by atoms with van der Waals surface area (Å²) >= 11 is 0. The van der Waals surface area contributed by atoms with E-state index in [1.165, 1.54) is 29.2 Å². The fourth-order valence-electron chi connectivity index (χ4n) is 5.67. The summed E-state index contributed by atoms with van der Waals surface area (Å²) in [6.07, 6.45) is 1.70. The number of nitrogens with zero attached hydrogens (tertiary/aromatic N) is 2. The van der Waals surface area contributed by atoms with E-state index >= 15 is 0 Å². The van der Waals surface area contributed by atoms with E-state index in [1.54, 1.807) is 12.1 Å². The molecule has 6 rings (SSSR count). The van der Waals surface area contributed by atoms with Crippen LogP contribution in [0.5, 0.6) is 0 Å². The smallest absolute Gasteiger partial charge is 0.286 e. The molecule has 2 fully saturated rings. The topological polar surface area (TPSA) is 154 Å². The quantitative estimate of drug-likeness (QED) is 0.501. The fraction of sp³-hybridized carbons (Fsp3) is 0.333. The molecule has 4 heterocycles. The number of ether oxygens (including phenoxy) is 1. The lowest BCUT2D eigenvalue weighted by Crippen LogP contribution is -2.55. The molecule has 4 aliphatic rings. The van der Waals surface area contributed by atoms with Crippen LogP contribution >= 0.6 is 0 Å². The maximum absolute atomic E-state index is 13.8. The minimum Gasteiger partial charge on any atom is -0.511 e. The second-order valence-corrected chi connectivity index (χ2v) is 13.1. The minimum absolute atomic E-state index is 0.0264. The van der Waals surface area contributed by atoms with Crippen LogP contribution in [0, 0.1) is 11.7 Å². The maximum atomic E-state index is 13.8. The van der Waals surface area contributed by atoms with Crippen molar-refractivity contribution in [3.8, 4) is 0 Å². The number of hydrogen-bond acceptors (Lipinski definition) is 8. The van der Waals surface area contributed by atoms with Crippen molar-refractivity contribution in [1.82, 2.24) is 4.90 Å². The summed E-state index contributed by atoms with van der Waals surface area (Å²) in [5.74, 6) is -2.25. The molecule has 14 heteroatoms. The minimum atomic E-state index is -4.38. The number of aliphatic hydroxyl groups excluding tert-OH is 1. The van der Waals surface area contributed by atoms with Gasteiger partial charge in [0.15, 0.2) is 5.84 Å². The molecule has 38 heavy (non-hydrogen) atoms. The molecular formula is C24H23FN4O7S2. The molecule has 11 nitrogen and oxygen atoms in total. The van der Waals surface area contributed by atoms with E-state index in [4.69, 9.17) is 4.74 Å². The number of anilines is 2. The third-order valence-electron chi connectivity index (χ3n) is 7.17. The van der Waals surface area contributed by atoms with E-state index < -0.39 is 43.7 Å². The number of sulfonamides is 2. The molecule has 0 aliphatic carbocycles. The van der Waals surface area contributed by atoms with Crippen molar-refractivity contribution in [2.45, 2.75) is 42.5 Å². The SMILES string of the molecule is CS(=O)(=O)Nc1ccc2c(c1)S(=O)(=O)N=C(C1=C(O)C3C([C@H]4CC[C@@H]3O4)N(Cc3ccc(F)cc3)C1=O)N2. The number of rotatable bonds is 5. The highest BCUT2D eigenvalue weighted by molar-refractivity contribution is 7.92. The van der Waals surface area contributed by atoms with Crippen molar-refractivity contribution in [2.24, 2.45) is 10.3 Å². The van der Waals surface area contributed by atoms with Crippen LogP contribution in [0.15, 0.2) is 63.1 Å². The molecular weight excluding hydrogens is 539 g/mol. The second-order valence-electron chi connectivity index (χ2n) is 9.75. The Kier molecular flexibility index (Phi) is 5.56. The van der Waals surface area contributed by atoms with Crippen LogP contribution in [0.25, 0.3) is 0 Å². The summed E-state index contributed by atoms with van der Waals surface area (Å²) in [6.45, 7) is 0.0980. The number of benzene rings is 2. The molecule has 1 amide bonds. The lowest BCUT2D eigenvalue weighted by Gasteiger charge is -2.42. The van der Waals surface area contributed by atoms with E-state index in [1.807, 2.05) is 0 Å². The van der Waals surface area contributed by atoms with Crippen molar-refractivity contribution in [1.29, 1.82) is 0 Å². The highest BCUT2D eigenvalue weighted by Gasteiger charge is 2.58. The van der Waals surface area contributed by atoms with Crippen LogP contribution in [0.2, 0.25) is 0 Å². The zero-order valence-electron chi connectivity index (χ0n) is 20.0. The van der Waals surface area contributed by atoms with Gasteiger partial charge >= 0.3 is 0 Å². The number of fused-ring (bicyclic) bond motifs is 6. The van der Waals surface area contributed by atoms with Crippen LogP contribution in [0.1, 0.15) is 18.4 Å². The summed E-state index contributed by atoms with van der Waals surface area (Å²) in [7, 11) is -8.03. The summed E-state index contributed by atoms with van der Waals surface area (Å²) in [4.78, 5) is 15.1. The Morgan fingerprint density at radius 2 is 1.89 bits per heavy atom. The Hall–Kier alpha value is -3.49. The molecule has 0 aromatic heterocycles. The van der Waals surface area contributed by atoms with Crippen LogP contribution in [0.4, 0.5) is 15.8 Å². The molecule has 2 bridgehead atoms. The largest absolute Gasteiger partial charge is 0.511 e. The summed E-state index contributed by atoms with van der Waals surface area (Å²) in [5.41, 5.74) is 0.471. The van der Waals surface area contributed by atoms with Crippen LogP contribution in [-0.2, 0) is 36.1 Å². The van der Waals surface area contributed by atoms with Crippen LogP contribution in [0.3, 0.4) is 0 Å². The maximum Gasteiger partial charge on any atom is 0.286 e. The Bertz CT molecular complexity index is 1640. The Morgan fingerprint density at radius 1 is 1.18 bits per heavy atom. The Balaban J connectivity index is 1.41. The first-order valence-electron chi connectivity index (χ1n) is 11.8. The van der Waals surface area contributed by atoms with E-state index in [2.05, 4.69) is 14.4 Å². The first kappa shape index (κ1) is 24.8. The van der Waals surface area contributed by atoms with Crippen molar-refractivity contribution in [3.63, 3.8) is 0 Å². The summed E-state index contributed by atoms with van der Waals surface area (Å²) in [5, 5.41) is 14.1. The van der Waals surface area contributed by atoms with Crippen LogP contribution in [-0.4, -0.2) is 63.1 Å². The van der Waals surface area contributed by atoms with Gasteiger partial charge in [-0.15, -0.1) is 4.40 Å². The molecule has 3 N–H and O–H groups in total. The third kappa shape index (κ3) is 4.12. The molecule has 2 saturated heterocycles. The van der Waals surface area contributed by atoms with Gasteiger partial charge in [0, 0.05) is 12.2 Å². The molecule has 4 aliphatic heterocycles. The Labute approximate surface area is 218 Å². The predicted molar refractivity (Wildman–Crippen MR) is 135 cm³/mol. The van der Waals surface area contributed by atoms with E-state index in [-0.39, 0.29) is 52.2 Å². The average molecular weight is 563 g/mol. The molecule has 2 unspecified atom stereocenters. The van der Waals surface area contributed by atoms with Gasteiger partial charge in [0.1, 0.15) is 22.0 Å². The van der Waals surface area contributed by atoms with Crippen molar-refractivity contribution < 1.29 is 35.9 Å². The number of carbonyl (C=O) groups is 1. The fourth-order valence-corrected chi connectivity index (χ4v) is 7.38. The van der Waals surface area contributed by atoms with Gasteiger partial charge in [-0.3, -0.25) is 9.52 Å². The highest BCUT2D eigenvalue weighted by atomic mass is 32.2. The number of carbonyl (C=O) groups excluding carboxylic acids is 1. The number of hydrogen-bond donors (Lipinski definition) is 3. The Morgan fingerprint density at radius 3 is 2.61 bits per heavy atom. The third-order valence-corrected chi connectivity index (χ3v) is 9.09. The van der Waals surface area contributed by atoms with Gasteiger partial charge in [-0.2, -0.15) is 8.42 Å². The van der Waals surface area contributed by atoms with Crippen molar-refractivity contribution >= 4 is 43.2 Å². The summed E-state index contributed by atoms with van der Waals surface area (Å²) < 4.78 is 74.9. The molecule has 0 saturated carbocycles. The lowest BCUT2D eigenvalue weighted by molar-refractivity contribution is -0.133. The van der Waals surface area contributed by atoms with Gasteiger partial charge in [0.2, 0.25) is 10.0 Å². The molecule has 0 radical (unpaired) electrons. The monoisotopic (exact) mass is 562 g/mol. The predicted octanol–water partition coefficient (Wildman–Crippen LogP) is 2.11. The number of halogens is 1. The van der Waals surface area contributed by atoms with Gasteiger partial charge in [-0.1, -0.05) is 12.1 Å². The van der Waals surface area contributed by atoms with Crippen LogP contribution < -0.4 is 10.0 Å². The first-order chi connectivity index (χ1) is 17.9. The molecule has 200 valence electrons. The van der Waals surface area contributed by atoms with Gasteiger partial charge < -0.3 is 20.1 Å². The lowest BCUT2D eigenvalue weighted by atomic mass is 9.77. The van der Waals surface area contributed by atoms with E-state index in [9.17, 15) is 31.1 Å². The summed E-state index contributed by atoms with van der Waals surface area (Å²) in [6, 6.07) is 9.06. The van der Waals surface area contributed by atoms with Gasteiger partial charge in [-0.05, 0) is 48.7 Å². The number of nitrogens with one attached hydrogen (secondary N) is 2. The number of amides is 1. The molecule has 4 atom stereocenters. The van der Waals surface area contributed by atoms with E-state index in [0.29, 0.717) is 18.4 Å².